The molecule has 1 saturated heterocycles. The molecule has 0 saturated carbocycles. The second-order valence-corrected chi connectivity index (χ2v) is 9.22. The molecule has 1 atom stereocenters. The van der Waals surface area contributed by atoms with E-state index >= 15 is 0 Å². The summed E-state index contributed by atoms with van der Waals surface area (Å²) in [6, 6.07) is 4.08. The van der Waals surface area contributed by atoms with Crippen molar-refractivity contribution in [1.82, 2.24) is 15.5 Å². The zero-order chi connectivity index (χ0) is 24.4. The zero-order valence-corrected chi connectivity index (χ0v) is 21.0. The van der Waals surface area contributed by atoms with Crippen LogP contribution in [-0.4, -0.2) is 60.1 Å². The number of amides is 2. The Morgan fingerprint density at radius 1 is 1.30 bits per heavy atom. The molecule has 8 nitrogen and oxygen atoms in total. The van der Waals surface area contributed by atoms with Crippen molar-refractivity contribution in [3.63, 3.8) is 0 Å². The molecule has 182 valence electrons. The van der Waals surface area contributed by atoms with Crippen LogP contribution in [0.4, 0.5) is 0 Å². The van der Waals surface area contributed by atoms with Crippen LogP contribution < -0.4 is 15.4 Å². The number of nitrogens with one attached hydrogen (secondary N) is 2. The Morgan fingerprint density at radius 2 is 2.06 bits per heavy atom. The van der Waals surface area contributed by atoms with Gasteiger partial charge in [-0.25, -0.2) is 0 Å². The minimum Gasteiger partial charge on any atom is -0.492 e. The van der Waals surface area contributed by atoms with Crippen LogP contribution in [0.3, 0.4) is 0 Å². The minimum absolute atomic E-state index is 0.108. The normalized spacial score (nSPS) is 15.7. The maximum atomic E-state index is 12.3. The molecule has 1 aliphatic rings. The molecule has 1 aliphatic heterocycles. The van der Waals surface area contributed by atoms with E-state index in [-0.39, 0.29) is 36.4 Å². The van der Waals surface area contributed by atoms with Crippen LogP contribution in [0.1, 0.15) is 39.5 Å². The predicted molar refractivity (Wildman–Crippen MR) is 130 cm³/mol. The van der Waals surface area contributed by atoms with E-state index in [1.165, 1.54) is 0 Å². The first-order valence-corrected chi connectivity index (χ1v) is 12.0. The van der Waals surface area contributed by atoms with Gasteiger partial charge in [-0.1, -0.05) is 37.0 Å². The highest BCUT2D eigenvalue weighted by atomic mass is 35.5. The lowest BCUT2D eigenvalue weighted by atomic mass is 10.1. The number of thiocarbonyl (C=S) groups is 1. The number of carbonyl (C=O) groups excluding carboxylic acids is 3. The van der Waals surface area contributed by atoms with Gasteiger partial charge in [0.15, 0.2) is 5.11 Å². The van der Waals surface area contributed by atoms with Crippen LogP contribution in [-0.2, 0) is 19.1 Å². The van der Waals surface area contributed by atoms with Crippen LogP contribution >= 0.6 is 35.4 Å². The molecule has 2 rings (SSSR count). The molecule has 0 aromatic heterocycles. The van der Waals surface area contributed by atoms with Crippen LogP contribution in [0.2, 0.25) is 10.0 Å². The van der Waals surface area contributed by atoms with Gasteiger partial charge in [-0.3, -0.25) is 14.4 Å². The van der Waals surface area contributed by atoms with Gasteiger partial charge in [-0.05, 0) is 49.2 Å². The van der Waals surface area contributed by atoms with Crippen molar-refractivity contribution in [3.8, 4) is 5.75 Å². The van der Waals surface area contributed by atoms with Gasteiger partial charge >= 0.3 is 5.97 Å². The van der Waals surface area contributed by atoms with E-state index in [1.54, 1.807) is 23.1 Å². The largest absolute Gasteiger partial charge is 0.492 e. The highest BCUT2D eigenvalue weighted by Gasteiger charge is 2.34. The van der Waals surface area contributed by atoms with Crippen LogP contribution in [0.5, 0.6) is 5.75 Å². The van der Waals surface area contributed by atoms with Crippen molar-refractivity contribution >= 4 is 58.3 Å². The SMILES string of the molecule is CC(C)CCOC(=O)CC1C(=O)NCCN1C(=S)NC(=O)CCCOc1ccc(Cl)cc1Cl. The van der Waals surface area contributed by atoms with E-state index in [2.05, 4.69) is 10.6 Å². The fourth-order valence-electron chi connectivity index (χ4n) is 3.05. The van der Waals surface area contributed by atoms with Gasteiger partial charge in [0.05, 0.1) is 24.7 Å². The number of rotatable bonds is 10. The highest BCUT2D eigenvalue weighted by Crippen LogP contribution is 2.27. The molecule has 1 heterocycles. The van der Waals surface area contributed by atoms with E-state index in [4.69, 9.17) is 44.9 Å². The number of halogens is 2. The Labute approximate surface area is 209 Å². The summed E-state index contributed by atoms with van der Waals surface area (Å²) in [6.45, 7) is 5.39. The van der Waals surface area contributed by atoms with E-state index in [1.807, 2.05) is 13.8 Å². The summed E-state index contributed by atoms with van der Waals surface area (Å²) >= 11 is 17.2. The summed E-state index contributed by atoms with van der Waals surface area (Å²) in [5, 5.41) is 6.37. The third-order valence-corrected chi connectivity index (χ3v) is 5.72. The Kier molecular flexibility index (Phi) is 11.2. The molecule has 11 heteroatoms. The molecule has 1 aromatic rings. The van der Waals surface area contributed by atoms with E-state index in [0.29, 0.717) is 47.8 Å². The first-order valence-electron chi connectivity index (χ1n) is 10.8. The number of esters is 1. The van der Waals surface area contributed by atoms with Gasteiger partial charge in [0.1, 0.15) is 11.8 Å². The Hall–Kier alpha value is -2.10. The van der Waals surface area contributed by atoms with E-state index in [9.17, 15) is 14.4 Å². The summed E-state index contributed by atoms with van der Waals surface area (Å²) in [4.78, 5) is 38.4. The number of benzene rings is 1. The molecule has 1 aromatic carbocycles. The van der Waals surface area contributed by atoms with E-state index in [0.717, 1.165) is 6.42 Å². The number of nitrogens with zero attached hydrogens (tertiary/aromatic N) is 1. The number of ether oxygens (including phenoxy) is 2. The second kappa shape index (κ2) is 13.6. The summed E-state index contributed by atoms with van der Waals surface area (Å²) in [5.74, 6) is -0.222. The van der Waals surface area contributed by atoms with Gasteiger partial charge in [-0.2, -0.15) is 0 Å². The van der Waals surface area contributed by atoms with Crippen LogP contribution in [0.25, 0.3) is 0 Å². The standard InChI is InChI=1S/C22H29Cl2N3O5S/c1-14(2)7-11-32-20(29)13-17-21(30)25-8-9-27(17)22(33)26-19(28)4-3-10-31-18-6-5-15(23)12-16(18)24/h5-6,12,14,17H,3-4,7-11,13H2,1-2H3,(H,25,30)(H,26,28,33). The van der Waals surface area contributed by atoms with Gasteiger partial charge in [0.2, 0.25) is 11.8 Å². The van der Waals surface area contributed by atoms with Crippen molar-refractivity contribution < 1.29 is 23.9 Å². The Bertz CT molecular complexity index is 868. The summed E-state index contributed by atoms with van der Waals surface area (Å²) < 4.78 is 10.8. The molecule has 33 heavy (non-hydrogen) atoms. The average Bonchev–Trinajstić information content (AvgIpc) is 2.73. The van der Waals surface area contributed by atoms with E-state index < -0.39 is 12.0 Å². The molecule has 0 bridgehead atoms. The third kappa shape index (κ3) is 9.35. The summed E-state index contributed by atoms with van der Waals surface area (Å²) in [6.07, 6.45) is 1.19. The lowest BCUT2D eigenvalue weighted by Gasteiger charge is -2.36. The van der Waals surface area contributed by atoms with Crippen molar-refractivity contribution in [3.05, 3.63) is 28.2 Å². The molecule has 1 unspecified atom stereocenters. The first kappa shape index (κ1) is 27.1. The average molecular weight is 518 g/mol. The summed E-state index contributed by atoms with van der Waals surface area (Å²) in [7, 11) is 0. The van der Waals surface area contributed by atoms with Gasteiger partial charge < -0.3 is 25.0 Å². The molecule has 2 amide bonds. The smallest absolute Gasteiger partial charge is 0.308 e. The highest BCUT2D eigenvalue weighted by molar-refractivity contribution is 7.80. The number of hydrogen-bond donors (Lipinski definition) is 2. The predicted octanol–water partition coefficient (Wildman–Crippen LogP) is 3.33. The fourth-order valence-corrected chi connectivity index (χ4v) is 3.84. The second-order valence-electron chi connectivity index (χ2n) is 7.99. The van der Waals surface area contributed by atoms with Gasteiger partial charge in [-0.15, -0.1) is 0 Å². The molecule has 2 N–H and O–H groups in total. The quantitative estimate of drug-likeness (QED) is 0.279. The minimum atomic E-state index is -0.825. The number of piperazine rings is 1. The third-order valence-electron chi connectivity index (χ3n) is 4.86. The monoisotopic (exact) mass is 517 g/mol. The Balaban J connectivity index is 1.79. The lowest BCUT2D eigenvalue weighted by molar-refractivity contribution is -0.147. The maximum absolute atomic E-state index is 12.3. The zero-order valence-electron chi connectivity index (χ0n) is 18.7. The molecule has 1 fully saturated rings. The topological polar surface area (TPSA) is 97.0 Å². The van der Waals surface area contributed by atoms with Gasteiger partial charge in [0.25, 0.3) is 0 Å². The lowest BCUT2D eigenvalue weighted by Crippen LogP contribution is -2.60. The van der Waals surface area contributed by atoms with Crippen molar-refractivity contribution in [2.45, 2.75) is 45.6 Å². The molecule has 0 aliphatic carbocycles. The van der Waals surface area contributed by atoms with Gasteiger partial charge in [0, 0.05) is 24.5 Å². The molecular formula is C22H29Cl2N3O5S. The number of hydrogen-bond acceptors (Lipinski definition) is 6. The maximum Gasteiger partial charge on any atom is 0.308 e. The van der Waals surface area contributed by atoms with Crippen LogP contribution in [0.15, 0.2) is 18.2 Å². The molecule has 0 spiro atoms. The van der Waals surface area contributed by atoms with Crippen molar-refractivity contribution in [2.75, 3.05) is 26.3 Å². The Morgan fingerprint density at radius 3 is 2.76 bits per heavy atom. The molecular weight excluding hydrogens is 489 g/mol. The molecule has 0 radical (unpaired) electrons. The first-order chi connectivity index (χ1) is 15.7. The van der Waals surface area contributed by atoms with Crippen LogP contribution in [0, 0.1) is 5.92 Å². The summed E-state index contributed by atoms with van der Waals surface area (Å²) in [5.41, 5.74) is 0. The number of carbonyl (C=O) groups is 3. The van der Waals surface area contributed by atoms with Crippen molar-refractivity contribution in [2.24, 2.45) is 5.92 Å². The fraction of sp³-hybridized carbons (Fsp3) is 0.545. The van der Waals surface area contributed by atoms with Crippen molar-refractivity contribution in [1.29, 1.82) is 0 Å².